The van der Waals surface area contributed by atoms with E-state index >= 15 is 0 Å². The summed E-state index contributed by atoms with van der Waals surface area (Å²) in [5.41, 5.74) is 2.11. The summed E-state index contributed by atoms with van der Waals surface area (Å²) in [4.78, 5) is 8.34. The maximum Gasteiger partial charge on any atom is 0.280 e. The van der Waals surface area contributed by atoms with E-state index in [1.165, 1.54) is 0 Å². The van der Waals surface area contributed by atoms with Gasteiger partial charge in [-0.15, -0.1) is 5.10 Å². The van der Waals surface area contributed by atoms with Gasteiger partial charge in [0.25, 0.3) is 5.89 Å². The molecule has 10 nitrogen and oxygen atoms in total. The average molecular weight is 399 g/mol. The molecule has 2 aromatic heterocycles. The second kappa shape index (κ2) is 8.68. The highest BCUT2D eigenvalue weighted by molar-refractivity contribution is 5.50. The maximum atomic E-state index is 5.59. The minimum Gasteiger partial charge on any atom is -0.491 e. The lowest BCUT2D eigenvalue weighted by molar-refractivity contribution is 0.146. The molecule has 0 saturated carbocycles. The number of aryl methyl sites for hydroxylation is 1. The molecule has 3 heterocycles. The Morgan fingerprint density at radius 3 is 2.79 bits per heavy atom. The lowest BCUT2D eigenvalue weighted by Gasteiger charge is -2.30. The number of ether oxygens (including phenoxy) is 2. The van der Waals surface area contributed by atoms with Crippen molar-refractivity contribution in [3.05, 3.63) is 35.8 Å². The quantitative estimate of drug-likeness (QED) is 0.587. The highest BCUT2D eigenvalue weighted by atomic mass is 16.5. The zero-order valence-electron chi connectivity index (χ0n) is 16.8. The third-order valence-corrected chi connectivity index (χ3v) is 4.86. The fourth-order valence-electron chi connectivity index (χ4n) is 3.17. The van der Waals surface area contributed by atoms with E-state index in [4.69, 9.17) is 14.0 Å². The molecule has 1 N–H and O–H groups in total. The molecule has 1 unspecified atom stereocenters. The summed E-state index contributed by atoms with van der Waals surface area (Å²) in [6, 6.07) is 7.63. The Morgan fingerprint density at radius 2 is 2.03 bits per heavy atom. The summed E-state index contributed by atoms with van der Waals surface area (Å²) in [5.74, 6) is 1.80. The zero-order chi connectivity index (χ0) is 20.2. The van der Waals surface area contributed by atoms with Gasteiger partial charge in [0.1, 0.15) is 12.4 Å². The molecule has 0 amide bonds. The molecule has 1 aliphatic rings. The van der Waals surface area contributed by atoms with Crippen LogP contribution in [0.4, 0.5) is 0 Å². The number of nitrogens with one attached hydrogen (secondary N) is 1. The van der Waals surface area contributed by atoms with Crippen LogP contribution in [-0.4, -0.2) is 77.0 Å². The molecule has 1 fully saturated rings. The van der Waals surface area contributed by atoms with E-state index < -0.39 is 0 Å². The lowest BCUT2D eigenvalue weighted by Crippen LogP contribution is -2.44. The van der Waals surface area contributed by atoms with Gasteiger partial charge in [-0.05, 0) is 38.2 Å². The van der Waals surface area contributed by atoms with Crippen molar-refractivity contribution in [2.45, 2.75) is 13.0 Å². The fraction of sp³-hybridized carbons (Fsp3) is 0.474. The van der Waals surface area contributed by atoms with Crippen LogP contribution in [0.25, 0.3) is 17.3 Å². The van der Waals surface area contributed by atoms with Crippen molar-refractivity contribution in [2.75, 3.05) is 47.0 Å². The van der Waals surface area contributed by atoms with Crippen LogP contribution in [-0.2, 0) is 4.74 Å². The van der Waals surface area contributed by atoms with Crippen LogP contribution in [0.2, 0.25) is 0 Å². The summed E-state index contributed by atoms with van der Waals surface area (Å²) in [6.45, 7) is 5.61. The van der Waals surface area contributed by atoms with E-state index in [0.29, 0.717) is 30.6 Å². The Labute approximate surface area is 168 Å². The smallest absolute Gasteiger partial charge is 0.280 e. The van der Waals surface area contributed by atoms with Crippen LogP contribution >= 0.6 is 0 Å². The monoisotopic (exact) mass is 399 g/mol. The molecular weight excluding hydrogens is 374 g/mol. The van der Waals surface area contributed by atoms with Crippen LogP contribution in [0, 0.1) is 6.92 Å². The van der Waals surface area contributed by atoms with Gasteiger partial charge in [0, 0.05) is 26.7 Å². The van der Waals surface area contributed by atoms with Crippen molar-refractivity contribution in [1.29, 1.82) is 0 Å². The Hall–Kier alpha value is -2.82. The van der Waals surface area contributed by atoms with Crippen molar-refractivity contribution in [3.8, 4) is 23.0 Å². The first-order chi connectivity index (χ1) is 14.2. The van der Waals surface area contributed by atoms with Crippen LogP contribution in [0.3, 0.4) is 0 Å². The molecule has 154 valence electrons. The van der Waals surface area contributed by atoms with Gasteiger partial charge in [-0.1, -0.05) is 5.16 Å². The van der Waals surface area contributed by atoms with Crippen molar-refractivity contribution in [1.82, 2.24) is 35.4 Å². The first-order valence-electron chi connectivity index (χ1n) is 9.57. The number of methoxy groups -OCH3 is 1. The van der Waals surface area contributed by atoms with E-state index in [1.807, 2.05) is 31.2 Å². The van der Waals surface area contributed by atoms with Crippen LogP contribution in [0.5, 0.6) is 5.75 Å². The van der Waals surface area contributed by atoms with Crippen LogP contribution in [0.1, 0.15) is 17.6 Å². The van der Waals surface area contributed by atoms with E-state index in [2.05, 4.69) is 37.6 Å². The van der Waals surface area contributed by atoms with Gasteiger partial charge in [-0.25, -0.2) is 0 Å². The SMILES string of the molecule is COCCOc1ccc(-n2nc(C)c(-c3nc(C4CNCCN4C)no3)n2)cc1. The number of nitrogens with zero attached hydrogens (tertiary/aromatic N) is 6. The summed E-state index contributed by atoms with van der Waals surface area (Å²) >= 11 is 0. The Bertz CT molecular complexity index is 938. The molecule has 1 aromatic carbocycles. The van der Waals surface area contributed by atoms with Crippen molar-refractivity contribution in [3.63, 3.8) is 0 Å². The second-order valence-electron chi connectivity index (χ2n) is 6.92. The number of aromatic nitrogens is 5. The Balaban J connectivity index is 1.51. The highest BCUT2D eigenvalue weighted by Crippen LogP contribution is 2.24. The molecule has 10 heteroatoms. The molecule has 0 bridgehead atoms. The highest BCUT2D eigenvalue weighted by Gasteiger charge is 2.26. The van der Waals surface area contributed by atoms with E-state index in [1.54, 1.807) is 11.9 Å². The Morgan fingerprint density at radius 1 is 1.21 bits per heavy atom. The topological polar surface area (TPSA) is 103 Å². The Kier molecular flexibility index (Phi) is 5.84. The first kappa shape index (κ1) is 19.5. The maximum absolute atomic E-state index is 5.59. The average Bonchev–Trinajstić information content (AvgIpc) is 3.36. The van der Waals surface area contributed by atoms with Crippen LogP contribution < -0.4 is 10.1 Å². The van der Waals surface area contributed by atoms with Crippen molar-refractivity contribution < 1.29 is 14.0 Å². The van der Waals surface area contributed by atoms with Gasteiger partial charge in [0.05, 0.1) is 24.0 Å². The van der Waals surface area contributed by atoms with Gasteiger partial charge in [-0.3, -0.25) is 4.90 Å². The molecule has 1 aliphatic heterocycles. The number of benzene rings is 1. The predicted octanol–water partition coefficient (Wildman–Crippen LogP) is 1.23. The van der Waals surface area contributed by atoms with Crippen molar-refractivity contribution >= 4 is 0 Å². The third kappa shape index (κ3) is 4.29. The largest absolute Gasteiger partial charge is 0.491 e. The van der Waals surface area contributed by atoms with E-state index in [9.17, 15) is 0 Å². The molecular formula is C19H25N7O3. The standard InChI is InChI=1S/C19H25N7O3/c1-13-17(19-21-18(24-29-19)16-12-20-8-9-25(16)2)23-26(22-13)14-4-6-15(7-5-14)28-11-10-27-3/h4-7,16,20H,8-12H2,1-3H3. The minimum absolute atomic E-state index is 0.0854. The summed E-state index contributed by atoms with van der Waals surface area (Å²) in [6.07, 6.45) is 0. The summed E-state index contributed by atoms with van der Waals surface area (Å²) in [7, 11) is 3.71. The first-order valence-corrected chi connectivity index (χ1v) is 9.57. The van der Waals surface area contributed by atoms with Gasteiger partial charge in [0.15, 0.2) is 11.5 Å². The zero-order valence-corrected chi connectivity index (χ0v) is 16.8. The molecule has 29 heavy (non-hydrogen) atoms. The molecule has 0 aliphatic carbocycles. The molecule has 0 radical (unpaired) electrons. The van der Waals surface area contributed by atoms with Gasteiger partial charge < -0.3 is 19.3 Å². The fourth-order valence-corrected chi connectivity index (χ4v) is 3.17. The molecule has 1 atom stereocenters. The van der Waals surface area contributed by atoms with E-state index in [0.717, 1.165) is 36.8 Å². The number of likely N-dealkylation sites (N-methyl/N-ethyl adjacent to an activating group) is 1. The summed E-state index contributed by atoms with van der Waals surface area (Å²) < 4.78 is 16.1. The van der Waals surface area contributed by atoms with Crippen LogP contribution in [0.15, 0.2) is 28.8 Å². The number of piperazine rings is 1. The number of hydrogen-bond acceptors (Lipinski definition) is 9. The summed E-state index contributed by atoms with van der Waals surface area (Å²) in [5, 5.41) is 16.6. The van der Waals surface area contributed by atoms with Gasteiger partial charge >= 0.3 is 0 Å². The number of hydrogen-bond donors (Lipinski definition) is 1. The third-order valence-electron chi connectivity index (χ3n) is 4.86. The van der Waals surface area contributed by atoms with Gasteiger partial charge in [-0.2, -0.15) is 14.9 Å². The molecule has 1 saturated heterocycles. The second-order valence-corrected chi connectivity index (χ2v) is 6.92. The minimum atomic E-state index is 0.0854. The number of rotatable bonds is 7. The molecule has 4 rings (SSSR count). The molecule has 3 aromatic rings. The predicted molar refractivity (Wildman–Crippen MR) is 105 cm³/mol. The normalized spacial score (nSPS) is 17.6. The van der Waals surface area contributed by atoms with Gasteiger partial charge in [0.2, 0.25) is 0 Å². The van der Waals surface area contributed by atoms with Crippen molar-refractivity contribution in [2.24, 2.45) is 0 Å². The van der Waals surface area contributed by atoms with E-state index in [-0.39, 0.29) is 6.04 Å². The lowest BCUT2D eigenvalue weighted by atomic mass is 10.2. The molecule has 0 spiro atoms.